The average molecular weight is 401 g/mol. The lowest BCUT2D eigenvalue weighted by molar-refractivity contribution is -0.143. The van der Waals surface area contributed by atoms with Crippen LogP contribution >= 0.6 is 0 Å². The second kappa shape index (κ2) is 11.2. The third-order valence-corrected chi connectivity index (χ3v) is 4.18. The Labute approximate surface area is 161 Å². The van der Waals surface area contributed by atoms with Crippen LogP contribution in [0.25, 0.3) is 0 Å². The van der Waals surface area contributed by atoms with Gasteiger partial charge in [0.15, 0.2) is 0 Å². The molecule has 12 nitrogen and oxygen atoms in total. The predicted molar refractivity (Wildman–Crippen MR) is 95.6 cm³/mol. The summed E-state index contributed by atoms with van der Waals surface area (Å²) in [6, 6.07) is -3.22. The van der Waals surface area contributed by atoms with Crippen LogP contribution in [-0.2, 0) is 24.0 Å². The summed E-state index contributed by atoms with van der Waals surface area (Å²) in [5.41, 5.74) is 4.97. The summed E-state index contributed by atoms with van der Waals surface area (Å²) in [6.07, 6.45) is -0.309. The van der Waals surface area contributed by atoms with Crippen molar-refractivity contribution in [1.82, 2.24) is 21.3 Å². The number of rotatable bonds is 11. The van der Waals surface area contributed by atoms with Crippen LogP contribution in [-0.4, -0.2) is 77.1 Å². The molecule has 0 saturated carbocycles. The van der Waals surface area contributed by atoms with Gasteiger partial charge in [0.2, 0.25) is 23.6 Å². The van der Waals surface area contributed by atoms with Crippen LogP contribution in [0.2, 0.25) is 0 Å². The van der Waals surface area contributed by atoms with Crippen molar-refractivity contribution in [3.63, 3.8) is 0 Å². The zero-order chi connectivity index (χ0) is 21.3. The fourth-order valence-corrected chi connectivity index (χ4v) is 2.63. The maximum atomic E-state index is 12.3. The largest absolute Gasteiger partial charge is 0.480 e. The van der Waals surface area contributed by atoms with E-state index in [4.69, 9.17) is 10.8 Å². The lowest BCUT2D eigenvalue weighted by Gasteiger charge is -2.23. The van der Waals surface area contributed by atoms with Gasteiger partial charge in [-0.2, -0.15) is 0 Å². The molecule has 4 atom stereocenters. The first kappa shape index (κ1) is 23.3. The fourth-order valence-electron chi connectivity index (χ4n) is 2.63. The monoisotopic (exact) mass is 401 g/mol. The highest BCUT2D eigenvalue weighted by molar-refractivity contribution is 5.93. The van der Waals surface area contributed by atoms with E-state index < -0.39 is 48.4 Å². The van der Waals surface area contributed by atoms with E-state index in [1.807, 2.05) is 0 Å². The molecule has 1 saturated heterocycles. The highest BCUT2D eigenvalue weighted by Gasteiger charge is 2.30. The number of hydrogen-bond acceptors (Lipinski definition) is 7. The lowest BCUT2D eigenvalue weighted by Crippen LogP contribution is -2.57. The normalized spacial score (nSPS) is 19.1. The number of carbonyl (C=O) groups is 5. The molecule has 1 rings (SSSR count). The Kier molecular flexibility index (Phi) is 9.32. The third kappa shape index (κ3) is 7.88. The minimum absolute atomic E-state index is 0.235. The van der Waals surface area contributed by atoms with Crippen molar-refractivity contribution < 1.29 is 34.2 Å². The number of aliphatic carboxylic acids is 1. The van der Waals surface area contributed by atoms with Crippen LogP contribution in [0, 0.1) is 0 Å². The Morgan fingerprint density at radius 1 is 1.21 bits per heavy atom. The smallest absolute Gasteiger partial charge is 0.326 e. The molecular formula is C16H27N5O7. The van der Waals surface area contributed by atoms with Crippen molar-refractivity contribution in [3.05, 3.63) is 0 Å². The Morgan fingerprint density at radius 3 is 2.39 bits per heavy atom. The van der Waals surface area contributed by atoms with Gasteiger partial charge in [-0.25, -0.2) is 4.79 Å². The Balaban J connectivity index is 2.58. The molecule has 4 unspecified atom stereocenters. The van der Waals surface area contributed by atoms with Crippen molar-refractivity contribution >= 4 is 29.6 Å². The summed E-state index contributed by atoms with van der Waals surface area (Å²) < 4.78 is 0. The van der Waals surface area contributed by atoms with Crippen LogP contribution < -0.4 is 27.0 Å². The van der Waals surface area contributed by atoms with E-state index in [9.17, 15) is 29.1 Å². The SMILES string of the molecule is CC(O)C(NC(=O)CNC(=O)C1CCCN1)C(=O)NC(CCC(N)=O)C(=O)O. The van der Waals surface area contributed by atoms with E-state index in [0.717, 1.165) is 13.0 Å². The Bertz CT molecular complexity index is 604. The number of aliphatic hydroxyl groups is 1. The molecule has 4 amide bonds. The van der Waals surface area contributed by atoms with Crippen molar-refractivity contribution in [2.24, 2.45) is 5.73 Å². The molecule has 0 spiro atoms. The van der Waals surface area contributed by atoms with Gasteiger partial charge >= 0.3 is 5.97 Å². The maximum Gasteiger partial charge on any atom is 0.326 e. The summed E-state index contributed by atoms with van der Waals surface area (Å²) in [7, 11) is 0. The van der Waals surface area contributed by atoms with E-state index in [0.29, 0.717) is 6.42 Å². The number of nitrogens with one attached hydrogen (secondary N) is 4. The van der Waals surface area contributed by atoms with Crippen LogP contribution in [0.4, 0.5) is 0 Å². The zero-order valence-corrected chi connectivity index (χ0v) is 15.6. The van der Waals surface area contributed by atoms with Gasteiger partial charge < -0.3 is 37.2 Å². The fraction of sp³-hybridized carbons (Fsp3) is 0.688. The van der Waals surface area contributed by atoms with Crippen LogP contribution in [0.1, 0.15) is 32.6 Å². The minimum atomic E-state index is -1.44. The van der Waals surface area contributed by atoms with Gasteiger partial charge in [-0.1, -0.05) is 0 Å². The van der Waals surface area contributed by atoms with Gasteiger partial charge in [0.1, 0.15) is 12.1 Å². The van der Waals surface area contributed by atoms with E-state index in [2.05, 4.69) is 21.3 Å². The molecule has 0 aromatic carbocycles. The number of hydrogen-bond donors (Lipinski definition) is 7. The lowest BCUT2D eigenvalue weighted by atomic mass is 10.1. The summed E-state index contributed by atoms with van der Waals surface area (Å²) in [5.74, 6) is -4.13. The number of aliphatic hydroxyl groups excluding tert-OH is 1. The standard InChI is InChI=1S/C16H27N5O7/c1-8(22)13(15(26)20-10(16(27)28)4-5-11(17)23)21-12(24)7-19-14(25)9-3-2-6-18-9/h8-10,13,18,22H,2-7H2,1H3,(H2,17,23)(H,19,25)(H,20,26)(H,21,24)(H,27,28). The van der Waals surface area contributed by atoms with Crippen LogP contribution in [0.15, 0.2) is 0 Å². The molecule has 28 heavy (non-hydrogen) atoms. The number of nitrogens with two attached hydrogens (primary N) is 1. The average Bonchev–Trinajstić information content (AvgIpc) is 3.14. The van der Waals surface area contributed by atoms with Crippen molar-refractivity contribution in [3.8, 4) is 0 Å². The van der Waals surface area contributed by atoms with E-state index >= 15 is 0 Å². The molecule has 1 fully saturated rings. The summed E-state index contributed by atoms with van der Waals surface area (Å²) in [5, 5.41) is 28.7. The Morgan fingerprint density at radius 2 is 1.89 bits per heavy atom. The maximum absolute atomic E-state index is 12.3. The van der Waals surface area contributed by atoms with E-state index in [1.54, 1.807) is 0 Å². The van der Waals surface area contributed by atoms with E-state index in [1.165, 1.54) is 6.92 Å². The van der Waals surface area contributed by atoms with Crippen LogP contribution in [0.5, 0.6) is 0 Å². The van der Waals surface area contributed by atoms with Gasteiger partial charge in [-0.15, -0.1) is 0 Å². The second-order valence-electron chi connectivity index (χ2n) is 6.56. The second-order valence-corrected chi connectivity index (χ2v) is 6.56. The molecule has 0 radical (unpaired) electrons. The molecule has 8 N–H and O–H groups in total. The first-order valence-corrected chi connectivity index (χ1v) is 8.91. The number of primary amides is 1. The highest BCUT2D eigenvalue weighted by atomic mass is 16.4. The first-order chi connectivity index (χ1) is 13.1. The summed E-state index contributed by atoms with van der Waals surface area (Å²) in [4.78, 5) is 58.1. The van der Waals surface area contributed by atoms with Gasteiger partial charge in [0.05, 0.1) is 18.7 Å². The molecular weight excluding hydrogens is 374 g/mol. The molecule has 0 bridgehead atoms. The molecule has 1 aliphatic rings. The molecule has 12 heteroatoms. The molecule has 0 aliphatic carbocycles. The topological polar surface area (TPSA) is 200 Å². The molecule has 0 aromatic rings. The molecule has 0 aromatic heterocycles. The molecule has 1 heterocycles. The Hall–Kier alpha value is -2.73. The quantitative estimate of drug-likeness (QED) is 0.185. The molecule has 158 valence electrons. The van der Waals surface area contributed by atoms with Crippen LogP contribution in [0.3, 0.4) is 0 Å². The van der Waals surface area contributed by atoms with E-state index in [-0.39, 0.29) is 24.8 Å². The van der Waals surface area contributed by atoms with Crippen molar-refractivity contribution in [2.45, 2.75) is 56.8 Å². The summed E-state index contributed by atoms with van der Waals surface area (Å²) >= 11 is 0. The number of carboxylic acid groups (broad SMARTS) is 1. The predicted octanol–water partition coefficient (Wildman–Crippen LogP) is -3.44. The van der Waals surface area contributed by atoms with Gasteiger partial charge in [0.25, 0.3) is 0 Å². The minimum Gasteiger partial charge on any atom is -0.480 e. The van der Waals surface area contributed by atoms with Crippen molar-refractivity contribution in [2.75, 3.05) is 13.1 Å². The highest BCUT2D eigenvalue weighted by Crippen LogP contribution is 2.04. The number of amides is 4. The summed E-state index contributed by atoms with van der Waals surface area (Å²) in [6.45, 7) is 1.55. The number of carboxylic acids is 1. The van der Waals surface area contributed by atoms with Gasteiger partial charge in [-0.3, -0.25) is 19.2 Å². The zero-order valence-electron chi connectivity index (χ0n) is 15.6. The van der Waals surface area contributed by atoms with Gasteiger partial charge in [0, 0.05) is 6.42 Å². The van der Waals surface area contributed by atoms with Crippen molar-refractivity contribution in [1.29, 1.82) is 0 Å². The molecule has 1 aliphatic heterocycles. The first-order valence-electron chi connectivity index (χ1n) is 8.91. The number of carbonyl (C=O) groups excluding carboxylic acids is 4. The van der Waals surface area contributed by atoms with Gasteiger partial charge in [-0.05, 0) is 32.7 Å². The third-order valence-electron chi connectivity index (χ3n) is 4.18.